The predicted octanol–water partition coefficient (Wildman–Crippen LogP) is 0.746. The van der Waals surface area contributed by atoms with Crippen LogP contribution < -0.4 is 0 Å². The lowest BCUT2D eigenvalue weighted by Crippen LogP contribution is -2.49. The average molecular weight is 296 g/mol. The van der Waals surface area contributed by atoms with Gasteiger partial charge in [-0.05, 0) is 30.4 Å². The summed E-state index contributed by atoms with van der Waals surface area (Å²) in [6.45, 7) is 1.83. The van der Waals surface area contributed by atoms with Gasteiger partial charge in [0, 0.05) is 26.2 Å². The average Bonchev–Trinajstić information content (AvgIpc) is 2.47. The second kappa shape index (κ2) is 5.44. The molecular formula is C14H20N2O3S. The summed E-state index contributed by atoms with van der Waals surface area (Å²) >= 11 is 0. The summed E-state index contributed by atoms with van der Waals surface area (Å²) < 4.78 is 28.3. The molecule has 2 aliphatic heterocycles. The van der Waals surface area contributed by atoms with Crippen LogP contribution in [0.15, 0.2) is 24.3 Å². The number of benzene rings is 1. The number of hydrogen-bond donors (Lipinski definition) is 1. The molecule has 2 heterocycles. The number of rotatable bonds is 2. The molecule has 1 saturated heterocycles. The van der Waals surface area contributed by atoms with E-state index in [1.807, 2.05) is 18.2 Å². The van der Waals surface area contributed by atoms with Crippen LogP contribution >= 0.6 is 0 Å². The molecule has 1 aromatic rings. The van der Waals surface area contributed by atoms with Crippen molar-refractivity contribution < 1.29 is 13.5 Å². The Kier molecular flexibility index (Phi) is 3.81. The van der Waals surface area contributed by atoms with Crippen LogP contribution in [0.2, 0.25) is 0 Å². The zero-order valence-corrected chi connectivity index (χ0v) is 12.2. The van der Waals surface area contributed by atoms with Crippen LogP contribution in [0.1, 0.15) is 24.0 Å². The van der Waals surface area contributed by atoms with Crippen molar-refractivity contribution in [3.8, 4) is 0 Å². The molecule has 1 N–H and O–H groups in total. The van der Waals surface area contributed by atoms with Crippen molar-refractivity contribution in [3.05, 3.63) is 35.4 Å². The largest absolute Gasteiger partial charge is 0.393 e. The molecule has 20 heavy (non-hydrogen) atoms. The van der Waals surface area contributed by atoms with Crippen LogP contribution in [0.5, 0.6) is 0 Å². The van der Waals surface area contributed by atoms with Gasteiger partial charge in [0.2, 0.25) is 0 Å². The van der Waals surface area contributed by atoms with Gasteiger partial charge in [0.05, 0.1) is 6.10 Å². The molecule has 110 valence electrons. The summed E-state index contributed by atoms with van der Waals surface area (Å²) in [5, 5.41) is 9.50. The third-order valence-corrected chi connectivity index (χ3v) is 6.15. The van der Waals surface area contributed by atoms with Crippen molar-refractivity contribution in [2.45, 2.75) is 31.9 Å². The zero-order valence-electron chi connectivity index (χ0n) is 11.4. The highest BCUT2D eigenvalue weighted by atomic mass is 32.2. The van der Waals surface area contributed by atoms with Crippen LogP contribution in [-0.4, -0.2) is 47.9 Å². The SMILES string of the molecule is O=S(=O)(N1CCC(O)CC1)N1CCc2ccccc2C1. The molecular weight excluding hydrogens is 276 g/mol. The summed E-state index contributed by atoms with van der Waals surface area (Å²) in [6.07, 6.45) is 1.47. The number of fused-ring (bicyclic) bond motifs is 1. The third kappa shape index (κ3) is 2.61. The van der Waals surface area contributed by atoms with Crippen LogP contribution in [0.25, 0.3) is 0 Å². The van der Waals surface area contributed by atoms with Gasteiger partial charge in [-0.15, -0.1) is 0 Å². The summed E-state index contributed by atoms with van der Waals surface area (Å²) in [4.78, 5) is 0. The van der Waals surface area contributed by atoms with Gasteiger partial charge in [-0.1, -0.05) is 24.3 Å². The zero-order chi connectivity index (χ0) is 14.2. The Labute approximate surface area is 120 Å². The highest BCUT2D eigenvalue weighted by molar-refractivity contribution is 7.86. The number of nitrogens with zero attached hydrogens (tertiary/aromatic N) is 2. The minimum atomic E-state index is -3.40. The van der Waals surface area contributed by atoms with E-state index in [-0.39, 0.29) is 6.10 Å². The lowest BCUT2D eigenvalue weighted by molar-refractivity contribution is 0.110. The first-order valence-corrected chi connectivity index (χ1v) is 8.47. The van der Waals surface area contributed by atoms with Gasteiger partial charge in [0.25, 0.3) is 10.2 Å². The molecule has 0 unspecified atom stereocenters. The van der Waals surface area contributed by atoms with Gasteiger partial charge in [0.15, 0.2) is 0 Å². The van der Waals surface area contributed by atoms with Crippen molar-refractivity contribution >= 4 is 10.2 Å². The highest BCUT2D eigenvalue weighted by Crippen LogP contribution is 2.24. The van der Waals surface area contributed by atoms with E-state index in [1.165, 1.54) is 9.87 Å². The van der Waals surface area contributed by atoms with Crippen LogP contribution in [0.4, 0.5) is 0 Å². The number of aliphatic hydroxyl groups is 1. The molecule has 6 heteroatoms. The number of hydrogen-bond acceptors (Lipinski definition) is 3. The van der Waals surface area contributed by atoms with Gasteiger partial charge in [-0.2, -0.15) is 17.0 Å². The van der Waals surface area contributed by atoms with E-state index in [9.17, 15) is 13.5 Å². The normalized spacial score (nSPS) is 22.6. The molecule has 0 atom stereocenters. The van der Waals surface area contributed by atoms with E-state index in [0.29, 0.717) is 39.0 Å². The molecule has 5 nitrogen and oxygen atoms in total. The molecule has 3 rings (SSSR count). The maximum atomic E-state index is 12.6. The van der Waals surface area contributed by atoms with Gasteiger partial charge in [-0.3, -0.25) is 0 Å². The first-order chi connectivity index (χ1) is 9.57. The Morgan fingerprint density at radius 2 is 1.65 bits per heavy atom. The maximum absolute atomic E-state index is 12.6. The summed E-state index contributed by atoms with van der Waals surface area (Å²) in [6, 6.07) is 8.01. The van der Waals surface area contributed by atoms with Crippen molar-refractivity contribution in [2.75, 3.05) is 19.6 Å². The maximum Gasteiger partial charge on any atom is 0.282 e. The fourth-order valence-corrected chi connectivity index (χ4v) is 4.53. The predicted molar refractivity (Wildman–Crippen MR) is 76.3 cm³/mol. The lowest BCUT2D eigenvalue weighted by atomic mass is 10.0. The van der Waals surface area contributed by atoms with E-state index in [4.69, 9.17) is 0 Å². The molecule has 1 aromatic carbocycles. The Morgan fingerprint density at radius 1 is 1.00 bits per heavy atom. The smallest absolute Gasteiger partial charge is 0.282 e. The summed E-state index contributed by atoms with van der Waals surface area (Å²) in [5.41, 5.74) is 2.34. The standard InChI is InChI=1S/C14H20N2O3S/c17-14-6-9-15(10-7-14)20(18,19)16-8-5-12-3-1-2-4-13(12)11-16/h1-4,14,17H,5-11H2. The Morgan fingerprint density at radius 3 is 2.35 bits per heavy atom. The Hall–Kier alpha value is -0.950. The molecule has 0 aliphatic carbocycles. The van der Waals surface area contributed by atoms with E-state index in [1.54, 1.807) is 4.31 Å². The number of piperidine rings is 1. The monoisotopic (exact) mass is 296 g/mol. The minimum Gasteiger partial charge on any atom is -0.393 e. The van der Waals surface area contributed by atoms with Crippen molar-refractivity contribution in [2.24, 2.45) is 0 Å². The Bertz CT molecular complexity index is 580. The fraction of sp³-hybridized carbons (Fsp3) is 0.571. The quantitative estimate of drug-likeness (QED) is 0.876. The van der Waals surface area contributed by atoms with E-state index < -0.39 is 10.2 Å². The third-order valence-electron chi connectivity index (χ3n) is 4.17. The van der Waals surface area contributed by atoms with Crippen molar-refractivity contribution in [3.63, 3.8) is 0 Å². The van der Waals surface area contributed by atoms with Crippen LogP contribution in [-0.2, 0) is 23.2 Å². The van der Waals surface area contributed by atoms with E-state index >= 15 is 0 Å². The second-order valence-electron chi connectivity index (χ2n) is 5.49. The first-order valence-electron chi connectivity index (χ1n) is 7.07. The fourth-order valence-electron chi connectivity index (χ4n) is 2.90. The van der Waals surface area contributed by atoms with Crippen LogP contribution in [0, 0.1) is 0 Å². The topological polar surface area (TPSA) is 60.9 Å². The van der Waals surface area contributed by atoms with Gasteiger partial charge in [-0.25, -0.2) is 0 Å². The molecule has 2 aliphatic rings. The second-order valence-corrected chi connectivity index (χ2v) is 7.42. The van der Waals surface area contributed by atoms with Gasteiger partial charge in [0.1, 0.15) is 0 Å². The minimum absolute atomic E-state index is 0.358. The molecule has 0 radical (unpaired) electrons. The molecule has 0 amide bonds. The van der Waals surface area contributed by atoms with Gasteiger partial charge >= 0.3 is 0 Å². The molecule has 0 saturated carbocycles. The van der Waals surface area contributed by atoms with E-state index in [2.05, 4.69) is 6.07 Å². The molecule has 1 fully saturated rings. The highest BCUT2D eigenvalue weighted by Gasteiger charge is 2.34. The molecule has 0 aromatic heterocycles. The first kappa shape index (κ1) is 14.0. The summed E-state index contributed by atoms with van der Waals surface area (Å²) in [5.74, 6) is 0. The van der Waals surface area contributed by atoms with Crippen LogP contribution in [0.3, 0.4) is 0 Å². The summed E-state index contributed by atoms with van der Waals surface area (Å²) in [7, 11) is -3.40. The molecule has 0 spiro atoms. The van der Waals surface area contributed by atoms with Crippen molar-refractivity contribution in [1.82, 2.24) is 8.61 Å². The Balaban J connectivity index is 1.76. The lowest BCUT2D eigenvalue weighted by Gasteiger charge is -2.35. The number of aliphatic hydroxyl groups excluding tert-OH is 1. The van der Waals surface area contributed by atoms with E-state index in [0.717, 1.165) is 12.0 Å². The van der Waals surface area contributed by atoms with Crippen molar-refractivity contribution in [1.29, 1.82) is 0 Å². The molecule has 0 bridgehead atoms. The van der Waals surface area contributed by atoms with Gasteiger partial charge < -0.3 is 5.11 Å².